The minimum absolute atomic E-state index is 0.0378. The number of benzene rings is 1. The maximum Gasteiger partial charge on any atom is 0.530 e. The van der Waals surface area contributed by atoms with Gasteiger partial charge in [0.05, 0.1) is 13.2 Å². The summed E-state index contributed by atoms with van der Waals surface area (Å²) in [6.07, 6.45) is -5.43. The average Bonchev–Trinajstić information content (AvgIpc) is 2.76. The van der Waals surface area contributed by atoms with E-state index in [0.29, 0.717) is 16.9 Å². The van der Waals surface area contributed by atoms with Crippen molar-refractivity contribution in [2.75, 3.05) is 6.61 Å². The Morgan fingerprint density at radius 3 is 2.25 bits per heavy atom. The van der Waals surface area contributed by atoms with Gasteiger partial charge in [0, 0.05) is 33.3 Å². The number of phosphoric acid groups is 1. The van der Waals surface area contributed by atoms with Gasteiger partial charge in [-0.25, -0.2) is 4.57 Å². The van der Waals surface area contributed by atoms with Crippen LogP contribution in [0.15, 0.2) is 18.2 Å². The van der Waals surface area contributed by atoms with Gasteiger partial charge in [-0.3, -0.25) is 28.2 Å². The Balaban J connectivity index is 1.89. The molecule has 2 aliphatic rings. The van der Waals surface area contributed by atoms with E-state index in [1.54, 1.807) is 25.1 Å². The molecule has 0 radical (unpaired) electrons. The minimum atomic E-state index is -4.14. The van der Waals surface area contributed by atoms with Gasteiger partial charge in [0.1, 0.15) is 17.9 Å². The molecule has 1 aromatic rings. The molecule has 0 saturated carbocycles. The van der Waals surface area contributed by atoms with Gasteiger partial charge < -0.3 is 28.8 Å². The van der Waals surface area contributed by atoms with E-state index in [0.717, 1.165) is 20.8 Å². The Labute approximate surface area is 207 Å². The highest BCUT2D eigenvalue weighted by atomic mass is 31.2. The Hall–Kier alpha value is -2.99. The molecule has 6 atom stereocenters. The maximum absolute atomic E-state index is 13.2. The molecule has 1 fully saturated rings. The predicted molar refractivity (Wildman–Crippen MR) is 119 cm³/mol. The molecule has 2 aliphatic heterocycles. The molecule has 1 amide bonds. The number of aryl methyl sites for hydroxylation is 1. The van der Waals surface area contributed by atoms with E-state index in [4.69, 9.17) is 32.5 Å². The van der Waals surface area contributed by atoms with Gasteiger partial charge in [0.15, 0.2) is 12.2 Å². The fourth-order valence-electron chi connectivity index (χ4n) is 3.83. The number of ether oxygens (including phenoxy) is 4. The van der Waals surface area contributed by atoms with Crippen LogP contribution in [0.1, 0.15) is 38.8 Å². The number of esters is 3. The van der Waals surface area contributed by atoms with Crippen molar-refractivity contribution in [3.8, 4) is 5.75 Å². The van der Waals surface area contributed by atoms with Crippen LogP contribution in [0.5, 0.6) is 5.75 Å². The summed E-state index contributed by atoms with van der Waals surface area (Å²) in [6.45, 7) is 5.71. The van der Waals surface area contributed by atoms with Crippen molar-refractivity contribution < 1.29 is 56.3 Å². The fourth-order valence-corrected chi connectivity index (χ4v) is 5.12. The van der Waals surface area contributed by atoms with Crippen LogP contribution in [0.2, 0.25) is 0 Å². The van der Waals surface area contributed by atoms with Crippen LogP contribution in [0.25, 0.3) is 0 Å². The summed E-state index contributed by atoms with van der Waals surface area (Å²) in [6, 6.07) is 4.09. The third-order valence-corrected chi connectivity index (χ3v) is 6.49. The first-order valence-electron chi connectivity index (χ1n) is 11.0. The molecule has 3 rings (SSSR count). The van der Waals surface area contributed by atoms with E-state index >= 15 is 0 Å². The number of phosphoric ester groups is 1. The SMILES string of the molecule is CC(=O)N[C@H]1C(OC(C)=O)OC(COP2(=O)OCc3cccc(C)c3O2)[C@@H](OC(C)=O)C1OC(C)=O. The zero-order valence-corrected chi connectivity index (χ0v) is 21.3. The Morgan fingerprint density at radius 1 is 1.00 bits per heavy atom. The molecule has 14 heteroatoms. The second-order valence-corrected chi connectivity index (χ2v) is 9.79. The summed E-state index contributed by atoms with van der Waals surface area (Å²) in [4.78, 5) is 47.3. The Bertz CT molecular complexity index is 1080. The molecule has 2 heterocycles. The van der Waals surface area contributed by atoms with Crippen molar-refractivity contribution in [2.45, 2.75) is 71.9 Å². The van der Waals surface area contributed by atoms with Gasteiger partial charge in [-0.1, -0.05) is 18.2 Å². The van der Waals surface area contributed by atoms with E-state index in [1.165, 1.54) is 6.92 Å². The van der Waals surface area contributed by atoms with Crippen molar-refractivity contribution in [1.29, 1.82) is 0 Å². The first-order valence-corrected chi connectivity index (χ1v) is 12.5. The van der Waals surface area contributed by atoms with Gasteiger partial charge >= 0.3 is 25.7 Å². The molecule has 1 N–H and O–H groups in total. The molecule has 1 aromatic carbocycles. The highest BCUT2D eigenvalue weighted by Gasteiger charge is 2.52. The summed E-state index contributed by atoms with van der Waals surface area (Å²) in [7, 11) is -4.14. The van der Waals surface area contributed by atoms with Crippen molar-refractivity contribution in [2.24, 2.45) is 0 Å². The number of nitrogens with one attached hydrogen (secondary N) is 1. The van der Waals surface area contributed by atoms with Crippen molar-refractivity contribution >= 4 is 31.6 Å². The quantitative estimate of drug-likeness (QED) is 0.309. The number of rotatable bonds is 7. The molecule has 4 unspecified atom stereocenters. The summed E-state index contributed by atoms with van der Waals surface area (Å²) < 4.78 is 51.2. The molecule has 0 aromatic heterocycles. The van der Waals surface area contributed by atoms with Crippen LogP contribution >= 0.6 is 7.82 Å². The van der Waals surface area contributed by atoms with E-state index < -0.39 is 68.9 Å². The number of hydrogen-bond acceptors (Lipinski definition) is 12. The molecule has 36 heavy (non-hydrogen) atoms. The predicted octanol–water partition coefficient (Wildman–Crippen LogP) is 1.68. The lowest BCUT2D eigenvalue weighted by atomic mass is 9.96. The van der Waals surface area contributed by atoms with Gasteiger partial charge in [0.25, 0.3) is 0 Å². The lowest BCUT2D eigenvalue weighted by Gasteiger charge is -2.44. The summed E-state index contributed by atoms with van der Waals surface area (Å²) >= 11 is 0. The average molecular weight is 529 g/mol. The summed E-state index contributed by atoms with van der Waals surface area (Å²) in [5, 5.41) is 2.49. The normalized spacial score (nSPS) is 29.2. The van der Waals surface area contributed by atoms with Gasteiger partial charge in [-0.05, 0) is 12.5 Å². The van der Waals surface area contributed by atoms with Crippen LogP contribution in [0.3, 0.4) is 0 Å². The second kappa shape index (κ2) is 11.4. The molecule has 0 spiro atoms. The largest absolute Gasteiger partial charge is 0.530 e. The van der Waals surface area contributed by atoms with E-state index in [9.17, 15) is 23.7 Å². The second-order valence-electron chi connectivity index (χ2n) is 8.20. The van der Waals surface area contributed by atoms with Gasteiger partial charge in [0.2, 0.25) is 12.2 Å². The van der Waals surface area contributed by atoms with E-state index in [-0.39, 0.29) is 6.61 Å². The molecule has 198 valence electrons. The molecular formula is C22H28NO12P. The molecule has 13 nitrogen and oxygen atoms in total. The van der Waals surface area contributed by atoms with E-state index in [1.807, 2.05) is 0 Å². The van der Waals surface area contributed by atoms with Crippen LogP contribution in [0, 0.1) is 6.92 Å². The first-order chi connectivity index (χ1) is 16.9. The number of amides is 1. The van der Waals surface area contributed by atoms with Crippen LogP contribution in [0.4, 0.5) is 0 Å². The molecule has 1 saturated heterocycles. The van der Waals surface area contributed by atoms with Gasteiger partial charge in [-0.15, -0.1) is 0 Å². The molecule has 0 aliphatic carbocycles. The summed E-state index contributed by atoms with van der Waals surface area (Å²) in [5.74, 6) is -2.50. The Morgan fingerprint density at radius 2 is 1.64 bits per heavy atom. The van der Waals surface area contributed by atoms with Crippen molar-refractivity contribution in [1.82, 2.24) is 5.32 Å². The lowest BCUT2D eigenvalue weighted by molar-refractivity contribution is -0.269. The van der Waals surface area contributed by atoms with Gasteiger partial charge in [-0.2, -0.15) is 0 Å². The first kappa shape index (κ1) is 27.6. The Kier molecular flexibility index (Phi) is 8.72. The number of hydrogen-bond donors (Lipinski definition) is 1. The lowest BCUT2D eigenvalue weighted by Crippen LogP contribution is -2.66. The smallest absolute Gasteiger partial charge is 0.456 e. The van der Waals surface area contributed by atoms with Crippen LogP contribution in [-0.4, -0.2) is 61.1 Å². The maximum atomic E-state index is 13.2. The summed E-state index contributed by atoms with van der Waals surface area (Å²) in [5.41, 5.74) is 1.40. The third kappa shape index (κ3) is 6.82. The fraction of sp³-hybridized carbons (Fsp3) is 0.545. The number of carbonyl (C=O) groups excluding carboxylic acids is 4. The molecular weight excluding hydrogens is 501 g/mol. The minimum Gasteiger partial charge on any atom is -0.456 e. The van der Waals surface area contributed by atoms with Crippen molar-refractivity contribution in [3.05, 3.63) is 29.3 Å². The third-order valence-electron chi connectivity index (χ3n) is 5.17. The highest BCUT2D eigenvalue weighted by Crippen LogP contribution is 2.55. The number of carbonyl (C=O) groups is 4. The van der Waals surface area contributed by atoms with E-state index in [2.05, 4.69) is 5.32 Å². The topological polar surface area (TPSA) is 162 Å². The van der Waals surface area contributed by atoms with Crippen LogP contribution in [-0.2, 0) is 58.3 Å². The number of fused-ring (bicyclic) bond motifs is 1. The zero-order chi connectivity index (χ0) is 26.6. The standard InChI is InChI=1S/C22H28NO12P/c1-11-7-6-8-16-9-29-36(28,35-19(11)16)30-10-17-20(31-13(3)25)21(32-14(4)26)18(23-12(2)24)22(34-17)33-15(5)27/h6-8,17-18,20-22H,9-10H2,1-5H3,(H,23,24)/t17?,18-,20-,21?,22?,36?/m1/s1. The van der Waals surface area contributed by atoms with Crippen molar-refractivity contribution in [3.63, 3.8) is 0 Å². The molecule has 0 bridgehead atoms. The number of para-hydroxylation sites is 1. The highest BCUT2D eigenvalue weighted by molar-refractivity contribution is 7.49. The zero-order valence-electron chi connectivity index (χ0n) is 20.4. The monoisotopic (exact) mass is 529 g/mol. The van der Waals surface area contributed by atoms with Crippen LogP contribution < -0.4 is 9.84 Å².